The van der Waals surface area contributed by atoms with Gasteiger partial charge in [0.2, 0.25) is 0 Å². The highest BCUT2D eigenvalue weighted by Gasteiger charge is 2.02. The first-order valence-electron chi connectivity index (χ1n) is 4.84. The van der Waals surface area contributed by atoms with Crippen LogP contribution in [-0.4, -0.2) is 19.8 Å². The van der Waals surface area contributed by atoms with E-state index in [-0.39, 0.29) is 0 Å². The molecule has 15 heavy (non-hydrogen) atoms. The van der Waals surface area contributed by atoms with Crippen LogP contribution in [0.2, 0.25) is 0 Å². The van der Waals surface area contributed by atoms with Crippen LogP contribution in [0.4, 0.5) is 10.5 Å². The zero-order valence-electron chi connectivity index (χ0n) is 8.95. The highest BCUT2D eigenvalue weighted by Crippen LogP contribution is 2.16. The summed E-state index contributed by atoms with van der Waals surface area (Å²) >= 11 is 0. The number of hydrogen-bond acceptors (Lipinski definition) is 3. The summed E-state index contributed by atoms with van der Waals surface area (Å²) in [6.07, 6.45) is 0.371. The summed E-state index contributed by atoms with van der Waals surface area (Å²) in [5.41, 5.74) is 0.662. The van der Waals surface area contributed by atoms with Crippen molar-refractivity contribution in [1.29, 1.82) is 0 Å². The van der Waals surface area contributed by atoms with E-state index in [4.69, 9.17) is 9.47 Å². The lowest BCUT2D eigenvalue weighted by molar-refractivity contribution is 0.161. The van der Waals surface area contributed by atoms with Crippen LogP contribution in [0.3, 0.4) is 0 Å². The fourth-order valence-corrected chi connectivity index (χ4v) is 1.05. The van der Waals surface area contributed by atoms with E-state index in [2.05, 4.69) is 5.32 Å². The molecule has 0 aromatic heterocycles. The average molecular weight is 209 g/mol. The second-order valence-corrected chi connectivity index (χ2v) is 2.99. The fraction of sp³-hybridized carbons (Fsp3) is 0.364. The molecule has 1 amide bonds. The van der Waals surface area contributed by atoms with Gasteiger partial charge in [0, 0.05) is 11.8 Å². The Morgan fingerprint density at radius 2 is 2.27 bits per heavy atom. The first kappa shape index (κ1) is 11.4. The van der Waals surface area contributed by atoms with Gasteiger partial charge in [-0.1, -0.05) is 13.0 Å². The highest BCUT2D eigenvalue weighted by atomic mass is 16.5. The lowest BCUT2D eigenvalue weighted by atomic mass is 10.3. The SMILES string of the molecule is CCCOC(=O)Nc1cccc(OC)c1. The number of methoxy groups -OCH3 is 1. The molecule has 4 heteroatoms. The molecule has 4 nitrogen and oxygen atoms in total. The topological polar surface area (TPSA) is 47.6 Å². The summed E-state index contributed by atoms with van der Waals surface area (Å²) in [5.74, 6) is 0.697. The molecule has 1 N–H and O–H groups in total. The highest BCUT2D eigenvalue weighted by molar-refractivity contribution is 5.84. The molecule has 0 bridgehead atoms. The quantitative estimate of drug-likeness (QED) is 0.829. The van der Waals surface area contributed by atoms with E-state index in [0.717, 1.165) is 6.42 Å². The molecule has 0 fully saturated rings. The molecule has 0 heterocycles. The van der Waals surface area contributed by atoms with Gasteiger partial charge in [0.1, 0.15) is 5.75 Å². The van der Waals surface area contributed by atoms with Crippen molar-refractivity contribution in [2.75, 3.05) is 19.0 Å². The second kappa shape index (κ2) is 5.90. The normalized spacial score (nSPS) is 9.47. The molecule has 0 aliphatic carbocycles. The maximum atomic E-state index is 11.2. The predicted molar refractivity (Wildman–Crippen MR) is 58.3 cm³/mol. The largest absolute Gasteiger partial charge is 0.497 e. The number of benzene rings is 1. The molecular weight excluding hydrogens is 194 g/mol. The zero-order valence-corrected chi connectivity index (χ0v) is 8.95. The van der Waals surface area contributed by atoms with Crippen molar-refractivity contribution in [2.24, 2.45) is 0 Å². The third-order valence-electron chi connectivity index (χ3n) is 1.75. The number of rotatable bonds is 4. The molecule has 0 aliphatic rings. The van der Waals surface area contributed by atoms with Gasteiger partial charge in [-0.3, -0.25) is 5.32 Å². The first-order chi connectivity index (χ1) is 7.26. The van der Waals surface area contributed by atoms with E-state index in [1.165, 1.54) is 0 Å². The Hall–Kier alpha value is -1.71. The third kappa shape index (κ3) is 3.89. The maximum Gasteiger partial charge on any atom is 0.411 e. The lowest BCUT2D eigenvalue weighted by Crippen LogP contribution is -2.13. The molecule has 0 aliphatic heterocycles. The van der Waals surface area contributed by atoms with Crippen LogP contribution < -0.4 is 10.1 Å². The van der Waals surface area contributed by atoms with Crippen molar-refractivity contribution in [3.05, 3.63) is 24.3 Å². The van der Waals surface area contributed by atoms with Gasteiger partial charge in [-0.05, 0) is 18.6 Å². The molecule has 0 radical (unpaired) electrons. The summed E-state index contributed by atoms with van der Waals surface area (Å²) in [6.45, 7) is 2.37. The average Bonchev–Trinajstić information content (AvgIpc) is 2.26. The molecule has 0 atom stereocenters. The van der Waals surface area contributed by atoms with Gasteiger partial charge in [0.05, 0.1) is 13.7 Å². The van der Waals surface area contributed by atoms with Crippen molar-refractivity contribution < 1.29 is 14.3 Å². The molecule has 1 rings (SSSR count). The molecular formula is C11H15NO3. The number of carbonyl (C=O) groups is 1. The van der Waals surface area contributed by atoms with Crippen LogP contribution >= 0.6 is 0 Å². The molecule has 1 aromatic rings. The Morgan fingerprint density at radius 1 is 1.47 bits per heavy atom. The number of nitrogens with one attached hydrogen (secondary N) is 1. The van der Waals surface area contributed by atoms with Crippen molar-refractivity contribution >= 4 is 11.8 Å². The van der Waals surface area contributed by atoms with Gasteiger partial charge in [-0.25, -0.2) is 4.79 Å². The molecule has 0 spiro atoms. The van der Waals surface area contributed by atoms with Gasteiger partial charge in [-0.15, -0.1) is 0 Å². The van der Waals surface area contributed by atoms with Crippen LogP contribution in [0.15, 0.2) is 24.3 Å². The Labute approximate surface area is 89.2 Å². The van der Waals surface area contributed by atoms with E-state index in [0.29, 0.717) is 18.0 Å². The molecule has 0 saturated heterocycles. The van der Waals surface area contributed by atoms with E-state index in [1.807, 2.05) is 13.0 Å². The number of ether oxygens (including phenoxy) is 2. The fourth-order valence-electron chi connectivity index (χ4n) is 1.05. The predicted octanol–water partition coefficient (Wildman–Crippen LogP) is 2.65. The van der Waals surface area contributed by atoms with Gasteiger partial charge < -0.3 is 9.47 Å². The van der Waals surface area contributed by atoms with Crippen LogP contribution in [-0.2, 0) is 4.74 Å². The number of amides is 1. The Balaban J connectivity index is 2.52. The van der Waals surface area contributed by atoms with Crippen LogP contribution in [0, 0.1) is 0 Å². The first-order valence-corrected chi connectivity index (χ1v) is 4.84. The lowest BCUT2D eigenvalue weighted by Gasteiger charge is -2.07. The summed E-state index contributed by atoms with van der Waals surface area (Å²) in [6, 6.07) is 7.11. The van der Waals surface area contributed by atoms with Gasteiger partial charge in [0.25, 0.3) is 0 Å². The monoisotopic (exact) mass is 209 g/mol. The van der Waals surface area contributed by atoms with Gasteiger partial charge in [0.15, 0.2) is 0 Å². The number of hydrogen-bond donors (Lipinski definition) is 1. The molecule has 0 saturated carbocycles. The Morgan fingerprint density at radius 3 is 2.93 bits per heavy atom. The van der Waals surface area contributed by atoms with E-state index in [9.17, 15) is 4.79 Å². The minimum Gasteiger partial charge on any atom is -0.497 e. The summed E-state index contributed by atoms with van der Waals surface area (Å²) in [5, 5.41) is 2.61. The van der Waals surface area contributed by atoms with Crippen LogP contribution in [0.25, 0.3) is 0 Å². The van der Waals surface area contributed by atoms with Crippen molar-refractivity contribution in [1.82, 2.24) is 0 Å². The van der Waals surface area contributed by atoms with Crippen LogP contribution in [0.1, 0.15) is 13.3 Å². The third-order valence-corrected chi connectivity index (χ3v) is 1.75. The number of carbonyl (C=O) groups excluding carboxylic acids is 1. The minimum absolute atomic E-state index is 0.426. The van der Waals surface area contributed by atoms with Crippen LogP contribution in [0.5, 0.6) is 5.75 Å². The van der Waals surface area contributed by atoms with E-state index < -0.39 is 6.09 Å². The zero-order chi connectivity index (χ0) is 11.1. The summed E-state index contributed by atoms with van der Waals surface area (Å²) in [7, 11) is 1.58. The van der Waals surface area contributed by atoms with Gasteiger partial charge in [-0.2, -0.15) is 0 Å². The van der Waals surface area contributed by atoms with E-state index in [1.54, 1.807) is 25.3 Å². The summed E-state index contributed by atoms with van der Waals surface area (Å²) < 4.78 is 9.90. The standard InChI is InChI=1S/C11H15NO3/c1-3-7-15-11(13)12-9-5-4-6-10(8-9)14-2/h4-6,8H,3,7H2,1-2H3,(H,12,13). The Bertz CT molecular complexity index is 325. The second-order valence-electron chi connectivity index (χ2n) is 2.99. The molecule has 1 aromatic carbocycles. The smallest absolute Gasteiger partial charge is 0.411 e. The summed E-state index contributed by atoms with van der Waals surface area (Å²) in [4.78, 5) is 11.2. The van der Waals surface area contributed by atoms with Crippen molar-refractivity contribution in [2.45, 2.75) is 13.3 Å². The Kier molecular flexibility index (Phi) is 4.47. The van der Waals surface area contributed by atoms with Crippen molar-refractivity contribution in [3.8, 4) is 5.75 Å². The van der Waals surface area contributed by atoms with Crippen molar-refractivity contribution in [3.63, 3.8) is 0 Å². The minimum atomic E-state index is -0.440. The molecule has 82 valence electrons. The van der Waals surface area contributed by atoms with Gasteiger partial charge >= 0.3 is 6.09 Å². The molecule has 0 unspecified atom stereocenters. The maximum absolute atomic E-state index is 11.2. The number of anilines is 1. The van der Waals surface area contributed by atoms with E-state index >= 15 is 0 Å².